The number of methoxy groups -OCH3 is 3. The highest BCUT2D eigenvalue weighted by Gasteiger charge is 2.47. The summed E-state index contributed by atoms with van der Waals surface area (Å²) < 4.78 is 15.9. The number of Topliss-reactive ketones (excluding diaryl/α,β-unsaturated/α-hetero) is 1. The summed E-state index contributed by atoms with van der Waals surface area (Å²) in [6.45, 7) is 0.120. The molecule has 0 aliphatic carbocycles. The molecule has 4 rings (SSSR count). The van der Waals surface area contributed by atoms with Gasteiger partial charge in [-0.1, -0.05) is 18.2 Å². The monoisotopic (exact) mass is 460 g/mol. The topological polar surface area (TPSA) is 98.2 Å². The van der Waals surface area contributed by atoms with Crippen LogP contribution in [0.15, 0.2) is 72.4 Å². The molecule has 1 aliphatic rings. The third-order valence-corrected chi connectivity index (χ3v) is 5.66. The molecule has 1 aliphatic heterocycles. The van der Waals surface area contributed by atoms with Crippen LogP contribution in [0.2, 0.25) is 0 Å². The van der Waals surface area contributed by atoms with Crippen molar-refractivity contribution in [1.82, 2.24) is 9.88 Å². The number of ether oxygens (including phenoxy) is 3. The number of aromatic nitrogens is 1. The Morgan fingerprint density at radius 1 is 0.941 bits per heavy atom. The van der Waals surface area contributed by atoms with E-state index >= 15 is 0 Å². The lowest BCUT2D eigenvalue weighted by molar-refractivity contribution is -0.140. The van der Waals surface area contributed by atoms with Crippen LogP contribution >= 0.6 is 0 Å². The number of rotatable bonds is 7. The molecule has 0 spiro atoms. The van der Waals surface area contributed by atoms with Gasteiger partial charge in [0.15, 0.2) is 0 Å². The number of likely N-dealkylation sites (tertiary alicyclic amines) is 1. The van der Waals surface area contributed by atoms with Gasteiger partial charge in [-0.25, -0.2) is 0 Å². The molecular weight excluding hydrogens is 436 g/mol. The van der Waals surface area contributed by atoms with Crippen molar-refractivity contribution >= 4 is 17.4 Å². The van der Waals surface area contributed by atoms with Crippen LogP contribution in [0.5, 0.6) is 17.2 Å². The van der Waals surface area contributed by atoms with Gasteiger partial charge in [-0.15, -0.1) is 0 Å². The van der Waals surface area contributed by atoms with Crippen molar-refractivity contribution in [3.63, 3.8) is 0 Å². The second kappa shape index (κ2) is 9.66. The molecule has 0 radical (unpaired) electrons. The maximum Gasteiger partial charge on any atom is 0.296 e. The molecule has 1 fully saturated rings. The molecule has 1 N–H and O–H groups in total. The van der Waals surface area contributed by atoms with E-state index in [9.17, 15) is 14.7 Å². The molecule has 1 amide bonds. The van der Waals surface area contributed by atoms with E-state index in [0.717, 1.165) is 5.56 Å². The average Bonchev–Trinajstić information content (AvgIpc) is 3.13. The Balaban J connectivity index is 1.88. The third-order valence-electron chi connectivity index (χ3n) is 5.66. The van der Waals surface area contributed by atoms with E-state index < -0.39 is 17.7 Å². The number of carbonyl (C=O) groups is 2. The number of ketones is 1. The van der Waals surface area contributed by atoms with Crippen LogP contribution in [-0.4, -0.2) is 48.0 Å². The standard InChI is InChI=1S/C26H24N2O6/c1-32-17-8-6-7-16(13-17)15-28-23(20-9-4-5-12-27-20)22(25(30)26(28)31)24(29)19-14-18(33-2)10-11-21(19)34-3/h4-14,23,29H,15H2,1-3H3/b24-22+. The van der Waals surface area contributed by atoms with Crippen molar-refractivity contribution in [2.75, 3.05) is 21.3 Å². The highest BCUT2D eigenvalue weighted by molar-refractivity contribution is 6.46. The van der Waals surface area contributed by atoms with Crippen LogP contribution in [0.25, 0.3) is 5.76 Å². The fourth-order valence-electron chi connectivity index (χ4n) is 4.00. The van der Waals surface area contributed by atoms with Crippen molar-refractivity contribution in [2.45, 2.75) is 12.6 Å². The minimum Gasteiger partial charge on any atom is -0.507 e. The summed E-state index contributed by atoms with van der Waals surface area (Å²) in [4.78, 5) is 32.2. The fourth-order valence-corrected chi connectivity index (χ4v) is 4.00. The number of aliphatic hydroxyl groups excluding tert-OH is 1. The normalized spacial score (nSPS) is 17.0. The number of benzene rings is 2. The highest BCUT2D eigenvalue weighted by atomic mass is 16.5. The Bertz CT molecular complexity index is 1260. The second-order valence-electron chi connectivity index (χ2n) is 7.60. The first kappa shape index (κ1) is 22.8. The maximum atomic E-state index is 13.2. The van der Waals surface area contributed by atoms with Crippen molar-refractivity contribution in [2.24, 2.45) is 0 Å². The zero-order valence-corrected chi connectivity index (χ0v) is 19.0. The summed E-state index contributed by atoms with van der Waals surface area (Å²) >= 11 is 0. The molecule has 0 saturated carbocycles. The van der Waals surface area contributed by atoms with Crippen LogP contribution in [0.3, 0.4) is 0 Å². The average molecular weight is 460 g/mol. The number of hydrogen-bond donors (Lipinski definition) is 1. The van der Waals surface area contributed by atoms with Gasteiger partial charge in [-0.2, -0.15) is 0 Å². The zero-order valence-electron chi connectivity index (χ0n) is 19.0. The smallest absolute Gasteiger partial charge is 0.296 e. The molecule has 174 valence electrons. The molecular formula is C26H24N2O6. The Morgan fingerprint density at radius 2 is 1.71 bits per heavy atom. The van der Waals surface area contributed by atoms with Gasteiger partial charge in [-0.05, 0) is 48.0 Å². The molecule has 1 unspecified atom stereocenters. The van der Waals surface area contributed by atoms with Gasteiger partial charge in [0, 0.05) is 12.7 Å². The van der Waals surface area contributed by atoms with Gasteiger partial charge in [0.1, 0.15) is 29.0 Å². The third kappa shape index (κ3) is 4.17. The highest BCUT2D eigenvalue weighted by Crippen LogP contribution is 2.41. The SMILES string of the molecule is COc1cccc(CN2C(=O)C(=O)/C(=C(/O)c3cc(OC)ccc3OC)C2c2ccccn2)c1. The van der Waals surface area contributed by atoms with Gasteiger partial charge in [0.25, 0.3) is 11.7 Å². The van der Waals surface area contributed by atoms with Crippen LogP contribution in [0.1, 0.15) is 22.9 Å². The lowest BCUT2D eigenvalue weighted by Crippen LogP contribution is -2.29. The number of nitrogens with zero attached hydrogens (tertiary/aromatic N) is 2. The molecule has 2 heterocycles. The molecule has 2 aromatic carbocycles. The van der Waals surface area contributed by atoms with Crippen molar-refractivity contribution in [3.8, 4) is 17.2 Å². The quantitative estimate of drug-likeness (QED) is 0.326. The minimum atomic E-state index is -0.900. The molecule has 1 aromatic heterocycles. The first-order valence-electron chi connectivity index (χ1n) is 10.5. The number of amides is 1. The summed E-state index contributed by atoms with van der Waals surface area (Å²) in [5, 5.41) is 11.3. The van der Waals surface area contributed by atoms with Gasteiger partial charge in [-0.3, -0.25) is 14.6 Å². The van der Waals surface area contributed by atoms with Crippen molar-refractivity contribution in [3.05, 3.63) is 89.3 Å². The molecule has 1 saturated heterocycles. The molecule has 8 heteroatoms. The number of hydrogen-bond acceptors (Lipinski definition) is 7. The van der Waals surface area contributed by atoms with Gasteiger partial charge in [0.05, 0.1) is 38.2 Å². The van der Waals surface area contributed by atoms with Crippen LogP contribution in [0, 0.1) is 0 Å². The lowest BCUT2D eigenvalue weighted by Gasteiger charge is -2.25. The molecule has 34 heavy (non-hydrogen) atoms. The number of aliphatic hydroxyl groups is 1. The van der Waals surface area contributed by atoms with Gasteiger partial charge < -0.3 is 24.2 Å². The molecule has 1 atom stereocenters. The van der Waals surface area contributed by atoms with E-state index in [4.69, 9.17) is 14.2 Å². The second-order valence-corrected chi connectivity index (χ2v) is 7.60. The predicted molar refractivity (Wildman–Crippen MR) is 125 cm³/mol. The lowest BCUT2D eigenvalue weighted by atomic mass is 9.97. The zero-order chi connectivity index (χ0) is 24.2. The van der Waals surface area contributed by atoms with Crippen LogP contribution in [0.4, 0.5) is 0 Å². The van der Waals surface area contributed by atoms with Crippen molar-refractivity contribution in [1.29, 1.82) is 0 Å². The first-order valence-corrected chi connectivity index (χ1v) is 10.5. The maximum absolute atomic E-state index is 13.2. The van der Waals surface area contributed by atoms with E-state index in [1.54, 1.807) is 61.8 Å². The molecule has 8 nitrogen and oxygen atoms in total. The number of pyridine rings is 1. The molecule has 3 aromatic rings. The fraction of sp³-hybridized carbons (Fsp3) is 0.192. The van der Waals surface area contributed by atoms with Crippen LogP contribution < -0.4 is 14.2 Å². The summed E-state index contributed by atoms with van der Waals surface area (Å²) in [6, 6.07) is 16.4. The van der Waals surface area contributed by atoms with Crippen molar-refractivity contribution < 1.29 is 28.9 Å². The molecule has 0 bridgehead atoms. The van der Waals surface area contributed by atoms with E-state index in [0.29, 0.717) is 22.9 Å². The number of carbonyl (C=O) groups excluding carboxylic acids is 2. The van der Waals surface area contributed by atoms with E-state index in [-0.39, 0.29) is 23.4 Å². The Labute approximate surface area is 197 Å². The summed E-state index contributed by atoms with van der Waals surface area (Å²) in [5.41, 5.74) is 1.38. The Hall–Kier alpha value is -4.33. The Kier molecular flexibility index (Phi) is 6.49. The van der Waals surface area contributed by atoms with E-state index in [1.807, 2.05) is 12.1 Å². The van der Waals surface area contributed by atoms with Crippen LogP contribution in [-0.2, 0) is 16.1 Å². The van der Waals surface area contributed by atoms with Gasteiger partial charge in [0.2, 0.25) is 0 Å². The summed E-state index contributed by atoms with van der Waals surface area (Å²) in [7, 11) is 4.50. The predicted octanol–water partition coefficient (Wildman–Crippen LogP) is 3.73. The van der Waals surface area contributed by atoms with E-state index in [2.05, 4.69) is 4.98 Å². The largest absolute Gasteiger partial charge is 0.507 e. The summed E-state index contributed by atoms with van der Waals surface area (Å²) in [5.74, 6) is -0.482. The Morgan fingerprint density at radius 3 is 2.38 bits per heavy atom. The minimum absolute atomic E-state index is 0.0712. The summed E-state index contributed by atoms with van der Waals surface area (Å²) in [6.07, 6.45) is 1.58. The van der Waals surface area contributed by atoms with Gasteiger partial charge >= 0.3 is 0 Å². The van der Waals surface area contributed by atoms with E-state index in [1.165, 1.54) is 19.1 Å². The first-order chi connectivity index (χ1) is 16.5.